The smallest absolute Gasteiger partial charge is 0.387 e. The molecule has 0 fully saturated rings. The standard InChI is InChI=1S/C20H21F2NO4/c1-3-26-17-10-8-14(12-18(17)25-2)13-23-19(24)11-9-15-6-4-5-7-16(15)27-20(21)22/h4-12,20H,3,13H2,1-2H3,(H,23,24). The Morgan fingerprint density at radius 2 is 1.93 bits per heavy atom. The molecule has 2 aromatic carbocycles. The van der Waals surface area contributed by atoms with Crippen molar-refractivity contribution in [3.05, 3.63) is 59.7 Å². The summed E-state index contributed by atoms with van der Waals surface area (Å²) in [4.78, 5) is 12.0. The third-order valence-corrected chi connectivity index (χ3v) is 3.54. The minimum Gasteiger partial charge on any atom is -0.493 e. The van der Waals surface area contributed by atoms with Gasteiger partial charge in [0, 0.05) is 18.2 Å². The minimum absolute atomic E-state index is 0.00722. The summed E-state index contributed by atoms with van der Waals surface area (Å²) in [6, 6.07) is 11.6. The van der Waals surface area contributed by atoms with Crippen molar-refractivity contribution in [3.8, 4) is 17.2 Å². The highest BCUT2D eigenvalue weighted by molar-refractivity contribution is 5.92. The van der Waals surface area contributed by atoms with Gasteiger partial charge in [0.15, 0.2) is 11.5 Å². The lowest BCUT2D eigenvalue weighted by Crippen LogP contribution is -2.20. The first-order chi connectivity index (χ1) is 13.0. The van der Waals surface area contributed by atoms with Gasteiger partial charge in [0.2, 0.25) is 5.91 Å². The number of benzene rings is 2. The van der Waals surface area contributed by atoms with E-state index in [4.69, 9.17) is 9.47 Å². The Morgan fingerprint density at radius 3 is 2.63 bits per heavy atom. The highest BCUT2D eigenvalue weighted by Gasteiger charge is 2.08. The second-order valence-electron chi connectivity index (χ2n) is 5.39. The van der Waals surface area contributed by atoms with E-state index < -0.39 is 6.61 Å². The van der Waals surface area contributed by atoms with E-state index in [0.29, 0.717) is 23.7 Å². The molecule has 1 amide bonds. The largest absolute Gasteiger partial charge is 0.493 e. The van der Waals surface area contributed by atoms with Gasteiger partial charge >= 0.3 is 6.61 Å². The Kier molecular flexibility index (Phi) is 7.61. The summed E-state index contributed by atoms with van der Waals surface area (Å²) in [7, 11) is 1.54. The lowest BCUT2D eigenvalue weighted by Gasteiger charge is -2.11. The summed E-state index contributed by atoms with van der Waals surface area (Å²) < 4.78 is 39.9. The van der Waals surface area contributed by atoms with Crippen molar-refractivity contribution in [2.24, 2.45) is 0 Å². The number of alkyl halides is 2. The molecule has 0 atom stereocenters. The van der Waals surface area contributed by atoms with Crippen molar-refractivity contribution < 1.29 is 27.8 Å². The predicted molar refractivity (Wildman–Crippen MR) is 98.1 cm³/mol. The number of para-hydroxylation sites is 1. The topological polar surface area (TPSA) is 56.8 Å². The molecule has 0 heterocycles. The van der Waals surface area contributed by atoms with Crippen molar-refractivity contribution in [1.82, 2.24) is 5.32 Å². The average Bonchev–Trinajstić information content (AvgIpc) is 2.66. The highest BCUT2D eigenvalue weighted by atomic mass is 19.3. The molecule has 0 bridgehead atoms. The number of methoxy groups -OCH3 is 1. The lowest BCUT2D eigenvalue weighted by molar-refractivity contribution is -0.116. The number of carbonyl (C=O) groups is 1. The molecule has 0 saturated heterocycles. The molecule has 0 spiro atoms. The number of rotatable bonds is 9. The molecule has 2 aromatic rings. The van der Waals surface area contributed by atoms with E-state index >= 15 is 0 Å². The van der Waals surface area contributed by atoms with Crippen LogP contribution in [0.15, 0.2) is 48.5 Å². The van der Waals surface area contributed by atoms with E-state index in [0.717, 1.165) is 5.56 Å². The molecule has 0 radical (unpaired) electrons. The summed E-state index contributed by atoms with van der Waals surface area (Å²) in [5.74, 6) is 0.852. The fraction of sp³-hybridized carbons (Fsp3) is 0.250. The fourth-order valence-corrected chi connectivity index (χ4v) is 2.33. The van der Waals surface area contributed by atoms with Crippen molar-refractivity contribution in [1.29, 1.82) is 0 Å². The van der Waals surface area contributed by atoms with E-state index in [9.17, 15) is 13.6 Å². The molecule has 0 saturated carbocycles. The van der Waals surface area contributed by atoms with Crippen molar-refractivity contribution >= 4 is 12.0 Å². The molecule has 0 aliphatic rings. The van der Waals surface area contributed by atoms with Gasteiger partial charge in [-0.1, -0.05) is 24.3 Å². The summed E-state index contributed by atoms with van der Waals surface area (Å²) in [5, 5.41) is 2.72. The number of halogens is 2. The molecule has 7 heteroatoms. The maximum absolute atomic E-state index is 12.4. The lowest BCUT2D eigenvalue weighted by atomic mass is 10.2. The van der Waals surface area contributed by atoms with Gasteiger partial charge in [-0.05, 0) is 36.8 Å². The van der Waals surface area contributed by atoms with Gasteiger partial charge in [0.05, 0.1) is 13.7 Å². The summed E-state index contributed by atoms with van der Waals surface area (Å²) in [6.45, 7) is -0.248. The van der Waals surface area contributed by atoms with E-state index in [2.05, 4.69) is 10.1 Å². The van der Waals surface area contributed by atoms with Crippen LogP contribution in [0.3, 0.4) is 0 Å². The number of hydrogen-bond acceptors (Lipinski definition) is 4. The van der Waals surface area contributed by atoms with E-state index in [1.54, 1.807) is 37.4 Å². The first kappa shape index (κ1) is 20.2. The number of hydrogen-bond donors (Lipinski definition) is 1. The monoisotopic (exact) mass is 377 g/mol. The third kappa shape index (κ3) is 6.29. The molecule has 144 valence electrons. The second-order valence-corrected chi connectivity index (χ2v) is 5.39. The van der Waals surface area contributed by atoms with Crippen LogP contribution in [0.2, 0.25) is 0 Å². The molecule has 27 heavy (non-hydrogen) atoms. The molecule has 0 aliphatic heterocycles. The molecule has 2 rings (SSSR count). The van der Waals surface area contributed by atoms with Crippen LogP contribution >= 0.6 is 0 Å². The third-order valence-electron chi connectivity index (χ3n) is 3.54. The molecule has 5 nitrogen and oxygen atoms in total. The predicted octanol–water partition coefficient (Wildman–Crippen LogP) is 4.02. The van der Waals surface area contributed by atoms with Gasteiger partial charge < -0.3 is 19.5 Å². The van der Waals surface area contributed by atoms with Crippen LogP contribution in [0.1, 0.15) is 18.1 Å². The van der Waals surface area contributed by atoms with Gasteiger partial charge in [0.25, 0.3) is 0 Å². The number of amides is 1. The number of carbonyl (C=O) groups excluding carboxylic acids is 1. The van der Waals surface area contributed by atoms with E-state index in [1.165, 1.54) is 18.2 Å². The SMILES string of the molecule is CCOc1ccc(CNC(=O)C=Cc2ccccc2OC(F)F)cc1OC. The van der Waals surface area contributed by atoms with Gasteiger partial charge in [-0.2, -0.15) is 8.78 Å². The number of nitrogens with one attached hydrogen (secondary N) is 1. The molecule has 1 N–H and O–H groups in total. The van der Waals surface area contributed by atoms with Crippen LogP contribution in [0, 0.1) is 0 Å². The Morgan fingerprint density at radius 1 is 1.15 bits per heavy atom. The maximum Gasteiger partial charge on any atom is 0.387 e. The van der Waals surface area contributed by atoms with Gasteiger partial charge in [-0.15, -0.1) is 0 Å². The quantitative estimate of drug-likeness (QED) is 0.671. The average molecular weight is 377 g/mol. The summed E-state index contributed by atoms with van der Waals surface area (Å²) in [6.07, 6.45) is 2.69. The van der Waals surface area contributed by atoms with Crippen LogP contribution in [-0.4, -0.2) is 26.2 Å². The zero-order valence-corrected chi connectivity index (χ0v) is 15.1. The Labute approximate surface area is 156 Å². The van der Waals surface area contributed by atoms with Crippen LogP contribution in [0.5, 0.6) is 17.2 Å². The number of ether oxygens (including phenoxy) is 3. The fourth-order valence-electron chi connectivity index (χ4n) is 2.33. The zero-order valence-electron chi connectivity index (χ0n) is 15.1. The van der Waals surface area contributed by atoms with Crippen LogP contribution in [0.4, 0.5) is 8.78 Å². The Balaban J connectivity index is 1.98. The van der Waals surface area contributed by atoms with Crippen LogP contribution in [0.25, 0.3) is 6.08 Å². The van der Waals surface area contributed by atoms with E-state index in [-0.39, 0.29) is 18.2 Å². The van der Waals surface area contributed by atoms with Gasteiger partial charge in [-0.25, -0.2) is 0 Å². The summed E-state index contributed by atoms with van der Waals surface area (Å²) >= 11 is 0. The Hall–Kier alpha value is -3.09. The van der Waals surface area contributed by atoms with Crippen molar-refractivity contribution in [2.75, 3.05) is 13.7 Å². The van der Waals surface area contributed by atoms with Crippen molar-refractivity contribution in [3.63, 3.8) is 0 Å². The molecule has 0 unspecified atom stereocenters. The minimum atomic E-state index is -2.93. The van der Waals surface area contributed by atoms with Gasteiger partial charge in [-0.3, -0.25) is 4.79 Å². The normalized spacial score (nSPS) is 10.9. The van der Waals surface area contributed by atoms with Crippen molar-refractivity contribution in [2.45, 2.75) is 20.1 Å². The van der Waals surface area contributed by atoms with E-state index in [1.807, 2.05) is 13.0 Å². The second kappa shape index (κ2) is 10.2. The zero-order chi connectivity index (χ0) is 19.6. The molecular formula is C20H21F2NO4. The first-order valence-corrected chi connectivity index (χ1v) is 8.33. The van der Waals surface area contributed by atoms with Gasteiger partial charge in [0.1, 0.15) is 5.75 Å². The first-order valence-electron chi connectivity index (χ1n) is 8.33. The van der Waals surface area contributed by atoms with Crippen LogP contribution in [-0.2, 0) is 11.3 Å². The molecular weight excluding hydrogens is 356 g/mol. The summed E-state index contributed by atoms with van der Waals surface area (Å²) in [5.41, 5.74) is 1.22. The maximum atomic E-state index is 12.4. The highest BCUT2D eigenvalue weighted by Crippen LogP contribution is 2.28. The molecule has 0 aliphatic carbocycles. The molecule has 0 aromatic heterocycles. The Bertz CT molecular complexity index is 793. The van der Waals surface area contributed by atoms with Crippen LogP contribution < -0.4 is 19.5 Å².